The van der Waals surface area contributed by atoms with Gasteiger partial charge < -0.3 is 4.74 Å². The number of fused-ring (bicyclic) bond motifs is 1. The summed E-state index contributed by atoms with van der Waals surface area (Å²) in [5, 5.41) is 0. The van der Waals surface area contributed by atoms with Gasteiger partial charge in [-0.15, -0.1) is 4.48 Å². The summed E-state index contributed by atoms with van der Waals surface area (Å²) in [6.45, 7) is 0. The molecule has 23 heavy (non-hydrogen) atoms. The zero-order valence-corrected chi connectivity index (χ0v) is 13.7. The third-order valence-electron chi connectivity index (χ3n) is 4.31. The lowest BCUT2D eigenvalue weighted by Gasteiger charge is -2.22. The molecule has 2 aliphatic carbocycles. The molecule has 6 nitrogen and oxygen atoms in total. The van der Waals surface area contributed by atoms with Crippen LogP contribution in [0, 0.1) is 5.92 Å². The Balaban J connectivity index is 1.63. The van der Waals surface area contributed by atoms with Crippen LogP contribution in [0.5, 0.6) is 0 Å². The van der Waals surface area contributed by atoms with E-state index in [2.05, 4.69) is 0 Å². The highest BCUT2D eigenvalue weighted by Gasteiger charge is 2.60. The second-order valence-electron chi connectivity index (χ2n) is 5.81. The van der Waals surface area contributed by atoms with Crippen LogP contribution in [0.4, 0.5) is 4.48 Å². The summed E-state index contributed by atoms with van der Waals surface area (Å²) in [5.74, 6) is -0.626. The summed E-state index contributed by atoms with van der Waals surface area (Å²) in [7, 11) is -4.75. The largest absolute Gasteiger partial charge is 0.339 e. The zero-order valence-electron chi connectivity index (χ0n) is 12.1. The van der Waals surface area contributed by atoms with Gasteiger partial charge in [-0.05, 0) is 37.3 Å². The number of nitrogens with zero attached hydrogens (tertiary/aromatic N) is 1. The van der Waals surface area contributed by atoms with Crippen LogP contribution >= 0.6 is 11.6 Å². The van der Waals surface area contributed by atoms with Crippen molar-refractivity contribution in [3.05, 3.63) is 35.9 Å². The molecule has 2 aliphatic rings. The lowest BCUT2D eigenvalue weighted by molar-refractivity contribution is -0.0961. The molecule has 9 heteroatoms. The van der Waals surface area contributed by atoms with E-state index in [9.17, 15) is 17.7 Å². The van der Waals surface area contributed by atoms with Crippen LogP contribution in [0.1, 0.15) is 36.0 Å². The molecule has 0 bridgehead atoms. The number of alkyl halides is 1. The Morgan fingerprint density at radius 1 is 1.43 bits per heavy atom. The normalized spacial score (nSPS) is 27.5. The van der Waals surface area contributed by atoms with Crippen molar-refractivity contribution >= 4 is 27.7 Å². The number of nitrogens with one attached hydrogen (secondary N) is 1. The monoisotopic (exact) mass is 362 g/mol. The molecule has 2 saturated carbocycles. The van der Waals surface area contributed by atoms with E-state index in [1.807, 2.05) is 0 Å². The van der Waals surface area contributed by atoms with Gasteiger partial charge in [0.1, 0.15) is 0 Å². The van der Waals surface area contributed by atoms with E-state index in [1.165, 1.54) is 12.1 Å². The predicted molar refractivity (Wildman–Crippen MR) is 81.2 cm³/mol. The van der Waals surface area contributed by atoms with Crippen molar-refractivity contribution in [3.8, 4) is 0 Å². The number of hydrogen-bond donors (Lipinski definition) is 1. The fraction of sp³-hybridized carbons (Fsp3) is 0.500. The molecule has 1 unspecified atom stereocenters. The van der Waals surface area contributed by atoms with Gasteiger partial charge in [-0.3, -0.25) is 4.79 Å². The lowest BCUT2D eigenvalue weighted by atomic mass is 10.2. The second-order valence-corrected chi connectivity index (χ2v) is 7.69. The Hall–Kier alpha value is -1.22. The van der Waals surface area contributed by atoms with E-state index in [0.29, 0.717) is 5.92 Å². The van der Waals surface area contributed by atoms with Gasteiger partial charge in [0.15, 0.2) is 0 Å². The molecule has 126 valence electrons. The molecule has 0 saturated heterocycles. The molecular formula is C14H16ClFN2O4S. The Kier molecular flexibility index (Phi) is 4.35. The minimum Gasteiger partial charge on any atom is -0.339 e. The summed E-state index contributed by atoms with van der Waals surface area (Å²) in [6, 6.07) is 7.62. The molecule has 1 amide bonds. The third-order valence-corrected chi connectivity index (χ3v) is 5.78. The van der Waals surface area contributed by atoms with Gasteiger partial charge in [0.25, 0.3) is 5.91 Å². The maximum Gasteiger partial charge on any atom is 0.334 e. The molecule has 0 spiro atoms. The van der Waals surface area contributed by atoms with Crippen LogP contribution in [-0.4, -0.2) is 30.1 Å². The van der Waals surface area contributed by atoms with Crippen LogP contribution < -0.4 is 4.72 Å². The van der Waals surface area contributed by atoms with Crippen LogP contribution in [0.15, 0.2) is 30.3 Å². The van der Waals surface area contributed by atoms with Crippen molar-refractivity contribution in [2.24, 2.45) is 5.92 Å². The number of carbonyl (C=O) groups is 1. The molecule has 1 aromatic carbocycles. The first kappa shape index (κ1) is 16.6. The van der Waals surface area contributed by atoms with Gasteiger partial charge in [0, 0.05) is 10.1 Å². The molecule has 0 aliphatic heterocycles. The van der Waals surface area contributed by atoms with E-state index in [0.717, 1.165) is 25.7 Å². The van der Waals surface area contributed by atoms with Crippen molar-refractivity contribution in [1.82, 2.24) is 9.25 Å². The SMILES string of the molecule is O=C(NS(=O)(=O)N(F)C(Cl)O[C@@]12CCC[C@H]1C2)c1ccccc1. The zero-order chi connectivity index (χ0) is 16.7. The average Bonchev–Trinajstić information content (AvgIpc) is 3.06. The molecule has 1 N–H and O–H groups in total. The topological polar surface area (TPSA) is 75.7 Å². The summed E-state index contributed by atoms with van der Waals surface area (Å²) in [5.41, 5.74) is -2.22. The van der Waals surface area contributed by atoms with Crippen molar-refractivity contribution in [2.45, 2.75) is 37.0 Å². The maximum atomic E-state index is 14.1. The summed E-state index contributed by atoms with van der Waals surface area (Å²) < 4.78 is 44.2. The van der Waals surface area contributed by atoms with Crippen LogP contribution in [0.2, 0.25) is 0 Å². The van der Waals surface area contributed by atoms with E-state index in [1.54, 1.807) is 22.9 Å². The predicted octanol–water partition coefficient (Wildman–Crippen LogP) is 2.33. The Morgan fingerprint density at radius 2 is 2.13 bits per heavy atom. The van der Waals surface area contributed by atoms with Gasteiger partial charge in [-0.25, -0.2) is 4.72 Å². The van der Waals surface area contributed by atoms with E-state index >= 15 is 0 Å². The second kappa shape index (κ2) is 6.01. The number of benzene rings is 1. The number of amides is 1. The minimum atomic E-state index is -4.75. The van der Waals surface area contributed by atoms with Crippen molar-refractivity contribution in [1.29, 1.82) is 0 Å². The standard InChI is InChI=1S/C14H16ClFN2O4S/c15-13(22-14-8-4-7-11(14)9-14)18(16)23(20,21)17-12(19)10-5-2-1-3-6-10/h1-3,5-6,11,13H,4,7-9H2,(H,17,19)/t11-,13?,14+/m0/s1. The average molecular weight is 363 g/mol. The molecular weight excluding hydrogens is 347 g/mol. The number of carbonyl (C=O) groups excluding carboxylic acids is 1. The van der Waals surface area contributed by atoms with Gasteiger partial charge in [0.05, 0.1) is 5.60 Å². The summed E-state index contributed by atoms with van der Waals surface area (Å²) in [4.78, 5) is 11.8. The maximum absolute atomic E-state index is 14.1. The highest BCUT2D eigenvalue weighted by molar-refractivity contribution is 7.87. The fourth-order valence-electron chi connectivity index (χ4n) is 3.03. The first-order valence-electron chi connectivity index (χ1n) is 7.23. The molecule has 3 atom stereocenters. The Morgan fingerprint density at radius 3 is 2.70 bits per heavy atom. The van der Waals surface area contributed by atoms with Gasteiger partial charge in [0.2, 0.25) is 5.69 Å². The third kappa shape index (κ3) is 3.35. The van der Waals surface area contributed by atoms with Crippen LogP contribution in [-0.2, 0) is 14.9 Å². The Labute approximate surface area is 138 Å². The molecule has 3 rings (SSSR count). The van der Waals surface area contributed by atoms with Crippen molar-refractivity contribution < 1.29 is 22.4 Å². The van der Waals surface area contributed by atoms with E-state index in [-0.39, 0.29) is 5.56 Å². The molecule has 0 radical (unpaired) electrons. The number of ether oxygens (including phenoxy) is 1. The molecule has 0 aromatic heterocycles. The Bertz CT molecular complexity index is 702. The fourth-order valence-corrected chi connectivity index (χ4v) is 4.23. The van der Waals surface area contributed by atoms with Gasteiger partial charge >= 0.3 is 10.2 Å². The quantitative estimate of drug-likeness (QED) is 0.365. The minimum absolute atomic E-state index is 0.0909. The van der Waals surface area contributed by atoms with E-state index < -0.39 is 31.9 Å². The van der Waals surface area contributed by atoms with Crippen LogP contribution in [0.3, 0.4) is 0 Å². The molecule has 1 aromatic rings. The highest BCUT2D eigenvalue weighted by Crippen LogP contribution is 2.59. The van der Waals surface area contributed by atoms with Crippen molar-refractivity contribution in [3.63, 3.8) is 0 Å². The summed E-state index contributed by atoms with van der Waals surface area (Å²) >= 11 is 5.74. The lowest BCUT2D eigenvalue weighted by Crippen LogP contribution is -2.44. The number of hydrogen-bond acceptors (Lipinski definition) is 4. The molecule has 2 fully saturated rings. The first-order chi connectivity index (χ1) is 10.8. The first-order valence-corrected chi connectivity index (χ1v) is 9.11. The van der Waals surface area contributed by atoms with Gasteiger partial charge in [-0.1, -0.05) is 36.2 Å². The number of rotatable bonds is 6. The van der Waals surface area contributed by atoms with Gasteiger partial charge in [-0.2, -0.15) is 8.42 Å². The molecule has 0 heterocycles. The van der Waals surface area contributed by atoms with Crippen molar-refractivity contribution in [2.75, 3.05) is 0 Å². The van der Waals surface area contributed by atoms with Crippen LogP contribution in [0.25, 0.3) is 0 Å². The van der Waals surface area contributed by atoms with E-state index in [4.69, 9.17) is 16.3 Å². The summed E-state index contributed by atoms with van der Waals surface area (Å²) in [6.07, 6.45) is 3.44. The number of halogens is 2. The highest BCUT2D eigenvalue weighted by atomic mass is 35.5. The smallest absolute Gasteiger partial charge is 0.334 e.